The number of piperidine rings is 1. The summed E-state index contributed by atoms with van der Waals surface area (Å²) >= 11 is 0. The zero-order valence-electron chi connectivity index (χ0n) is 10.9. The van der Waals surface area contributed by atoms with E-state index in [-0.39, 0.29) is 6.04 Å². The van der Waals surface area contributed by atoms with Gasteiger partial charge in [-0.15, -0.1) is 0 Å². The highest BCUT2D eigenvalue weighted by Crippen LogP contribution is 2.19. The molecular weight excluding hydrogens is 238 g/mol. The summed E-state index contributed by atoms with van der Waals surface area (Å²) in [5.41, 5.74) is 5.64. The average molecular weight is 263 g/mol. The standard InChI is InChI=1S/C11H25N3O2S/c1-3-10(2)9-13-17(15,16)14-7-5-4-6-11(14)8-12/h10-11,13H,3-9,12H2,1-2H3. The van der Waals surface area contributed by atoms with Gasteiger partial charge in [0.2, 0.25) is 0 Å². The average Bonchev–Trinajstić information content (AvgIpc) is 2.35. The van der Waals surface area contributed by atoms with Gasteiger partial charge in [-0.3, -0.25) is 0 Å². The Morgan fingerprint density at radius 1 is 1.47 bits per heavy atom. The first kappa shape index (κ1) is 14.9. The minimum atomic E-state index is -3.35. The van der Waals surface area contributed by atoms with Crippen molar-refractivity contribution in [1.29, 1.82) is 0 Å². The molecule has 2 unspecified atom stereocenters. The van der Waals surface area contributed by atoms with E-state index in [2.05, 4.69) is 11.6 Å². The van der Waals surface area contributed by atoms with E-state index in [4.69, 9.17) is 5.73 Å². The van der Waals surface area contributed by atoms with E-state index in [9.17, 15) is 8.42 Å². The molecule has 6 heteroatoms. The Morgan fingerprint density at radius 3 is 2.76 bits per heavy atom. The molecule has 5 nitrogen and oxygen atoms in total. The van der Waals surface area contributed by atoms with Gasteiger partial charge < -0.3 is 5.73 Å². The molecule has 0 radical (unpaired) electrons. The summed E-state index contributed by atoms with van der Waals surface area (Å²) < 4.78 is 28.5. The molecule has 0 aliphatic carbocycles. The van der Waals surface area contributed by atoms with Crippen LogP contribution in [0.1, 0.15) is 39.5 Å². The lowest BCUT2D eigenvalue weighted by Crippen LogP contribution is -2.52. The molecule has 0 spiro atoms. The molecular formula is C11H25N3O2S. The Labute approximate surface area is 105 Å². The lowest BCUT2D eigenvalue weighted by atomic mass is 10.1. The van der Waals surface area contributed by atoms with Crippen molar-refractivity contribution in [3.8, 4) is 0 Å². The zero-order valence-corrected chi connectivity index (χ0v) is 11.7. The van der Waals surface area contributed by atoms with Crippen molar-refractivity contribution in [3.63, 3.8) is 0 Å². The SMILES string of the molecule is CCC(C)CNS(=O)(=O)N1CCCCC1CN. The summed E-state index contributed by atoms with van der Waals surface area (Å²) in [6, 6.07) is -0.0295. The summed E-state index contributed by atoms with van der Waals surface area (Å²) in [6.45, 7) is 5.61. The second kappa shape index (κ2) is 6.68. The normalized spacial score (nSPS) is 24.8. The number of hydrogen-bond acceptors (Lipinski definition) is 3. The topological polar surface area (TPSA) is 75.4 Å². The van der Waals surface area contributed by atoms with Gasteiger partial charge in [0, 0.05) is 25.7 Å². The van der Waals surface area contributed by atoms with Gasteiger partial charge in [-0.2, -0.15) is 12.7 Å². The molecule has 0 aromatic heterocycles. The van der Waals surface area contributed by atoms with Crippen molar-refractivity contribution in [1.82, 2.24) is 9.03 Å². The van der Waals surface area contributed by atoms with E-state index in [1.807, 2.05) is 6.92 Å². The highest BCUT2D eigenvalue weighted by Gasteiger charge is 2.31. The Hall–Kier alpha value is -0.170. The zero-order chi connectivity index (χ0) is 12.9. The maximum absolute atomic E-state index is 12.1. The predicted octanol–water partition coefficient (Wildman–Crippen LogP) is 0.680. The third-order valence-electron chi connectivity index (χ3n) is 3.47. The van der Waals surface area contributed by atoms with Gasteiger partial charge >= 0.3 is 0 Å². The first-order valence-electron chi connectivity index (χ1n) is 6.47. The molecule has 3 N–H and O–H groups in total. The van der Waals surface area contributed by atoms with Gasteiger partial charge in [0.05, 0.1) is 0 Å². The molecule has 1 heterocycles. The maximum atomic E-state index is 12.1. The number of hydrogen-bond donors (Lipinski definition) is 2. The number of nitrogens with one attached hydrogen (secondary N) is 1. The first-order valence-corrected chi connectivity index (χ1v) is 7.91. The highest BCUT2D eigenvalue weighted by molar-refractivity contribution is 7.87. The minimum absolute atomic E-state index is 0.0295. The maximum Gasteiger partial charge on any atom is 0.279 e. The number of rotatable bonds is 6. The van der Waals surface area contributed by atoms with Crippen LogP contribution in [0.4, 0.5) is 0 Å². The second-order valence-electron chi connectivity index (χ2n) is 4.86. The van der Waals surface area contributed by atoms with Crippen LogP contribution >= 0.6 is 0 Å². The number of nitrogens with zero attached hydrogens (tertiary/aromatic N) is 1. The molecule has 1 rings (SSSR count). The highest BCUT2D eigenvalue weighted by atomic mass is 32.2. The molecule has 1 aliphatic heterocycles. The van der Waals surface area contributed by atoms with Crippen LogP contribution in [0, 0.1) is 5.92 Å². The largest absolute Gasteiger partial charge is 0.329 e. The Bertz CT molecular complexity index is 319. The van der Waals surface area contributed by atoms with E-state index < -0.39 is 10.2 Å². The molecule has 0 bridgehead atoms. The van der Waals surface area contributed by atoms with Crippen molar-refractivity contribution in [3.05, 3.63) is 0 Å². The predicted molar refractivity (Wildman–Crippen MR) is 69.8 cm³/mol. The summed E-state index contributed by atoms with van der Waals surface area (Å²) in [4.78, 5) is 0. The molecule has 1 aliphatic rings. The lowest BCUT2D eigenvalue weighted by Gasteiger charge is -2.34. The van der Waals surface area contributed by atoms with Crippen LogP contribution in [0.15, 0.2) is 0 Å². The van der Waals surface area contributed by atoms with Crippen molar-refractivity contribution < 1.29 is 8.42 Å². The van der Waals surface area contributed by atoms with Crippen LogP contribution in [0.3, 0.4) is 0 Å². The molecule has 0 aromatic rings. The summed E-state index contributed by atoms with van der Waals surface area (Å²) in [7, 11) is -3.35. The molecule has 17 heavy (non-hydrogen) atoms. The van der Waals surface area contributed by atoms with Gasteiger partial charge in [0.25, 0.3) is 10.2 Å². The molecule has 0 saturated carbocycles. The molecule has 0 aromatic carbocycles. The van der Waals surface area contributed by atoms with Gasteiger partial charge in [0.1, 0.15) is 0 Å². The Balaban J connectivity index is 2.61. The third kappa shape index (κ3) is 4.21. The molecule has 2 atom stereocenters. The van der Waals surface area contributed by atoms with Crippen molar-refractivity contribution in [2.45, 2.75) is 45.6 Å². The minimum Gasteiger partial charge on any atom is -0.329 e. The first-order chi connectivity index (χ1) is 8.01. The third-order valence-corrected chi connectivity index (χ3v) is 5.09. The van der Waals surface area contributed by atoms with Crippen molar-refractivity contribution >= 4 is 10.2 Å². The molecule has 102 valence electrons. The van der Waals surface area contributed by atoms with E-state index in [1.165, 1.54) is 0 Å². The monoisotopic (exact) mass is 263 g/mol. The van der Waals surface area contributed by atoms with Crippen LogP contribution in [0.25, 0.3) is 0 Å². The Morgan fingerprint density at radius 2 is 2.18 bits per heavy atom. The van der Waals surface area contributed by atoms with E-state index in [0.29, 0.717) is 25.6 Å². The van der Waals surface area contributed by atoms with Gasteiger partial charge in [-0.1, -0.05) is 26.7 Å². The van der Waals surface area contributed by atoms with Crippen LogP contribution in [-0.4, -0.2) is 38.4 Å². The van der Waals surface area contributed by atoms with Gasteiger partial charge in [-0.05, 0) is 18.8 Å². The van der Waals surface area contributed by atoms with E-state index in [1.54, 1.807) is 4.31 Å². The lowest BCUT2D eigenvalue weighted by molar-refractivity contribution is 0.254. The van der Waals surface area contributed by atoms with Crippen LogP contribution in [0.5, 0.6) is 0 Å². The fraction of sp³-hybridized carbons (Fsp3) is 1.00. The fourth-order valence-corrected chi connectivity index (χ4v) is 3.62. The summed E-state index contributed by atoms with van der Waals surface area (Å²) in [6.07, 6.45) is 3.85. The van der Waals surface area contributed by atoms with E-state index in [0.717, 1.165) is 25.7 Å². The van der Waals surface area contributed by atoms with Crippen LogP contribution < -0.4 is 10.5 Å². The van der Waals surface area contributed by atoms with E-state index >= 15 is 0 Å². The van der Waals surface area contributed by atoms with Gasteiger partial charge in [0.15, 0.2) is 0 Å². The number of nitrogens with two attached hydrogens (primary N) is 1. The quantitative estimate of drug-likeness (QED) is 0.740. The summed E-state index contributed by atoms with van der Waals surface area (Å²) in [5, 5.41) is 0. The molecule has 0 amide bonds. The van der Waals surface area contributed by atoms with Crippen LogP contribution in [-0.2, 0) is 10.2 Å². The Kier molecular flexibility index (Phi) is 5.85. The smallest absolute Gasteiger partial charge is 0.279 e. The second-order valence-corrected chi connectivity index (χ2v) is 6.57. The van der Waals surface area contributed by atoms with Crippen molar-refractivity contribution in [2.24, 2.45) is 11.7 Å². The summed E-state index contributed by atoms with van der Waals surface area (Å²) in [5.74, 6) is 0.367. The van der Waals surface area contributed by atoms with Gasteiger partial charge in [-0.25, -0.2) is 4.72 Å². The molecule has 1 fully saturated rings. The fourth-order valence-electron chi connectivity index (χ4n) is 2.00. The molecule has 1 saturated heterocycles. The van der Waals surface area contributed by atoms with Crippen molar-refractivity contribution in [2.75, 3.05) is 19.6 Å². The van der Waals surface area contributed by atoms with Crippen LogP contribution in [0.2, 0.25) is 0 Å².